The molecular formula is C59H72N8O4S2. The third-order valence-electron chi connectivity index (χ3n) is 13.2. The molecule has 1 aliphatic rings. The van der Waals surface area contributed by atoms with E-state index in [1.807, 2.05) is 114 Å². The molecule has 0 bridgehead atoms. The van der Waals surface area contributed by atoms with E-state index < -0.39 is 24.0 Å². The lowest BCUT2D eigenvalue weighted by atomic mass is 9.77. The normalized spacial score (nSPS) is 15.9. The second-order valence-corrected chi connectivity index (χ2v) is 21.4. The first-order chi connectivity index (χ1) is 35.5. The standard InChI is InChI=1S/C59H72N8O4S2/c1-5-55(43(2)3)72-40-49(60)37-66(4)57(69)65-54(35-52-38-67(41-62-52)59(46-25-15-8-16-26-46,47-27-17-9-18-28-47)48-29-19-10-20-30-48)56(68)63-50(33-44-21-11-6-12-22-44)31-32-51(34-45-23-13-7-14-24-45)64-58(70)71-39-53-36-61-42-73-53/h6-30,38,40-43,50-51,53-55,58,64,70H,5,31-37,39,60H2,1-4H3,(H,63,68)(H,65,69)/b49-40-/t50?,51-,53?,54-,55?,58-/m0/s1. The Labute approximate surface area is 440 Å². The maximum atomic E-state index is 15.1. The monoisotopic (exact) mass is 1020 g/mol. The number of thioether (sulfide) groups is 2. The van der Waals surface area contributed by atoms with Gasteiger partial charge in [-0.1, -0.05) is 172 Å². The Morgan fingerprint density at radius 2 is 1.36 bits per heavy atom. The zero-order valence-corrected chi connectivity index (χ0v) is 44.1. The molecule has 0 spiro atoms. The van der Waals surface area contributed by atoms with Gasteiger partial charge in [-0.2, -0.15) is 0 Å². The van der Waals surface area contributed by atoms with Gasteiger partial charge in [-0.05, 0) is 71.2 Å². The van der Waals surface area contributed by atoms with Crippen LogP contribution in [0.25, 0.3) is 0 Å². The Morgan fingerprint density at radius 3 is 1.88 bits per heavy atom. The van der Waals surface area contributed by atoms with Crippen molar-refractivity contribution in [3.63, 3.8) is 0 Å². The van der Waals surface area contributed by atoms with Crippen LogP contribution in [0.4, 0.5) is 4.79 Å². The summed E-state index contributed by atoms with van der Waals surface area (Å²) < 4.78 is 7.99. The Hall–Kier alpha value is -6.16. The van der Waals surface area contributed by atoms with Gasteiger partial charge in [-0.25, -0.2) is 9.78 Å². The lowest BCUT2D eigenvalue weighted by Gasteiger charge is -2.37. The number of aromatic nitrogens is 2. The summed E-state index contributed by atoms with van der Waals surface area (Å²) in [7, 11) is 1.69. The van der Waals surface area contributed by atoms with Crippen LogP contribution >= 0.6 is 23.5 Å². The fourth-order valence-electron chi connectivity index (χ4n) is 9.44. The van der Waals surface area contributed by atoms with Crippen molar-refractivity contribution in [2.75, 3.05) is 26.7 Å². The Morgan fingerprint density at radius 1 is 0.822 bits per heavy atom. The fourth-order valence-corrected chi connectivity index (χ4v) is 11.0. The molecule has 2 heterocycles. The molecule has 0 radical (unpaired) electrons. The number of aliphatic imine (C=N–C) groups is 1. The van der Waals surface area contributed by atoms with Gasteiger partial charge >= 0.3 is 6.03 Å². The van der Waals surface area contributed by atoms with Gasteiger partial charge < -0.3 is 35.7 Å². The number of amides is 3. The number of likely N-dealkylation sites (N-methyl/N-ethyl adjacent to an activating group) is 1. The van der Waals surface area contributed by atoms with Crippen molar-refractivity contribution < 1.29 is 19.4 Å². The average molecular weight is 1020 g/mol. The summed E-state index contributed by atoms with van der Waals surface area (Å²) >= 11 is 3.29. The third kappa shape index (κ3) is 15.7. The molecular weight excluding hydrogens is 949 g/mol. The molecule has 0 aliphatic carbocycles. The number of imidazole rings is 1. The number of aliphatic hydroxyl groups excluding tert-OH is 1. The third-order valence-corrected chi connectivity index (χ3v) is 15.9. The van der Waals surface area contributed by atoms with Crippen LogP contribution in [-0.4, -0.2) is 98.8 Å². The lowest BCUT2D eigenvalue weighted by molar-refractivity contribution is -0.126. The number of rotatable bonds is 27. The zero-order valence-electron chi connectivity index (χ0n) is 42.5. The lowest BCUT2D eigenvalue weighted by Crippen LogP contribution is -2.54. The van der Waals surface area contributed by atoms with Crippen LogP contribution in [0.15, 0.2) is 180 Å². The topological polar surface area (TPSA) is 159 Å². The van der Waals surface area contributed by atoms with Crippen LogP contribution < -0.4 is 21.7 Å². The van der Waals surface area contributed by atoms with Crippen molar-refractivity contribution in [1.82, 2.24) is 30.4 Å². The first-order valence-corrected chi connectivity index (χ1v) is 27.3. The van der Waals surface area contributed by atoms with Gasteiger partial charge in [0.15, 0.2) is 0 Å². The minimum absolute atomic E-state index is 0.102. The highest BCUT2D eigenvalue weighted by atomic mass is 32.2. The molecule has 0 fully saturated rings. The quantitative estimate of drug-likeness (QED) is 0.0250. The van der Waals surface area contributed by atoms with E-state index in [2.05, 4.69) is 107 Å². The average Bonchev–Trinajstić information content (AvgIpc) is 4.12. The number of urea groups is 1. The van der Waals surface area contributed by atoms with Gasteiger partial charge in [-0.15, -0.1) is 23.5 Å². The van der Waals surface area contributed by atoms with Gasteiger partial charge in [-0.3, -0.25) is 15.1 Å². The number of nitrogens with zero attached hydrogens (tertiary/aromatic N) is 4. The minimum Gasteiger partial charge on any atom is -0.400 e. The first kappa shape index (κ1) is 54.6. The molecule has 73 heavy (non-hydrogen) atoms. The molecule has 3 unspecified atom stereocenters. The Bertz CT molecular complexity index is 2540. The maximum absolute atomic E-state index is 15.1. The molecule has 0 saturated carbocycles. The number of nitrogens with one attached hydrogen (secondary N) is 3. The van der Waals surface area contributed by atoms with Gasteiger partial charge in [0.25, 0.3) is 0 Å². The van der Waals surface area contributed by atoms with Crippen LogP contribution in [0.3, 0.4) is 0 Å². The number of carbonyl (C=O) groups excluding carboxylic acids is 2. The highest BCUT2D eigenvalue weighted by molar-refractivity contribution is 8.12. The van der Waals surface area contributed by atoms with E-state index in [0.717, 1.165) is 34.2 Å². The number of aliphatic hydroxyl groups is 1. The van der Waals surface area contributed by atoms with E-state index in [-0.39, 0.29) is 36.2 Å². The van der Waals surface area contributed by atoms with Crippen molar-refractivity contribution in [2.24, 2.45) is 16.6 Å². The summed E-state index contributed by atoms with van der Waals surface area (Å²) in [6.45, 7) is 7.75. The van der Waals surface area contributed by atoms with Crippen molar-refractivity contribution in [3.8, 4) is 0 Å². The van der Waals surface area contributed by atoms with Crippen LogP contribution in [0.5, 0.6) is 0 Å². The summed E-state index contributed by atoms with van der Waals surface area (Å²) in [6.07, 6.45) is 6.05. The molecule has 384 valence electrons. The molecule has 5 aromatic carbocycles. The maximum Gasteiger partial charge on any atom is 0.318 e. The van der Waals surface area contributed by atoms with Gasteiger partial charge in [0.2, 0.25) is 12.3 Å². The van der Waals surface area contributed by atoms with E-state index in [9.17, 15) is 9.90 Å². The van der Waals surface area contributed by atoms with Crippen LogP contribution in [0, 0.1) is 5.92 Å². The Kier molecular flexibility index (Phi) is 20.8. The van der Waals surface area contributed by atoms with Crippen LogP contribution in [0.1, 0.15) is 73.5 Å². The molecule has 1 aliphatic heterocycles. The minimum atomic E-state index is -1.19. The second kappa shape index (κ2) is 27.8. The number of nitrogens with two attached hydrogens (primary N) is 1. The summed E-state index contributed by atoms with van der Waals surface area (Å²) in [5, 5.41) is 23.4. The fraction of sp³-hybridized carbons (Fsp3) is 0.356. The molecule has 14 heteroatoms. The smallest absolute Gasteiger partial charge is 0.318 e. The van der Waals surface area contributed by atoms with E-state index in [1.165, 1.54) is 4.90 Å². The molecule has 12 nitrogen and oxygen atoms in total. The first-order valence-electron chi connectivity index (χ1n) is 25.4. The molecule has 3 amide bonds. The molecule has 6 atom stereocenters. The molecule has 6 aromatic rings. The summed E-state index contributed by atoms with van der Waals surface area (Å²) in [5.41, 5.74) is 14.0. The highest BCUT2D eigenvalue weighted by Gasteiger charge is 2.39. The van der Waals surface area contributed by atoms with Crippen LogP contribution in [-0.2, 0) is 34.3 Å². The summed E-state index contributed by atoms with van der Waals surface area (Å²) in [5.74, 6) is 0.131. The largest absolute Gasteiger partial charge is 0.400 e. The second-order valence-electron chi connectivity index (χ2n) is 19.1. The van der Waals surface area contributed by atoms with E-state index >= 15 is 4.79 Å². The predicted molar refractivity (Wildman–Crippen MR) is 299 cm³/mol. The van der Waals surface area contributed by atoms with Crippen LogP contribution in [0.2, 0.25) is 0 Å². The van der Waals surface area contributed by atoms with Crippen molar-refractivity contribution in [2.45, 2.75) is 99.9 Å². The molecule has 1 aromatic heterocycles. The summed E-state index contributed by atoms with van der Waals surface area (Å²) in [4.78, 5) is 40.2. The zero-order chi connectivity index (χ0) is 51.4. The molecule has 7 rings (SSSR count). The number of ether oxygens (including phenoxy) is 1. The molecule has 6 N–H and O–H groups in total. The van der Waals surface area contributed by atoms with E-state index in [1.54, 1.807) is 30.6 Å². The SMILES string of the molecule is CCC(S/C=C(\N)CN(C)C(=O)N[C@@H](Cc1cn(C(c2ccccc2)(c2ccccc2)c2ccccc2)cn1)C(=O)NC(CC[C@@H](Cc1ccccc1)N[C@@H](O)OCC1CN=CS1)Cc1ccccc1)C(C)C. The number of carbonyl (C=O) groups is 2. The Balaban J connectivity index is 1.18. The summed E-state index contributed by atoms with van der Waals surface area (Å²) in [6, 6.07) is 49.3. The van der Waals surface area contributed by atoms with Gasteiger partial charge in [0, 0.05) is 42.7 Å². The number of benzene rings is 5. The van der Waals surface area contributed by atoms with E-state index in [4.69, 9.17) is 15.5 Å². The molecule has 0 saturated heterocycles. The highest BCUT2D eigenvalue weighted by Crippen LogP contribution is 2.41. The van der Waals surface area contributed by atoms with Gasteiger partial charge in [0.1, 0.15) is 11.6 Å². The number of hydrogen-bond donors (Lipinski definition) is 5. The van der Waals surface area contributed by atoms with Gasteiger partial charge in [0.05, 0.1) is 42.5 Å². The predicted octanol–water partition coefficient (Wildman–Crippen LogP) is 9.39. The van der Waals surface area contributed by atoms with E-state index in [0.29, 0.717) is 61.4 Å². The van der Waals surface area contributed by atoms with Crippen molar-refractivity contribution >= 4 is 41.0 Å². The van der Waals surface area contributed by atoms with Crippen molar-refractivity contribution in [1.29, 1.82) is 0 Å². The van der Waals surface area contributed by atoms with Crippen molar-refractivity contribution in [3.05, 3.63) is 209 Å². The number of hydrogen-bond acceptors (Lipinski definition) is 10.